The fourth-order valence-electron chi connectivity index (χ4n) is 2.85. The number of aryl methyl sites for hydroxylation is 1. The smallest absolute Gasteiger partial charge is 0.340 e. The highest BCUT2D eigenvalue weighted by Crippen LogP contribution is 2.22. The normalized spacial score (nSPS) is 12.2. The average molecular weight is 411 g/mol. The lowest BCUT2D eigenvalue weighted by Gasteiger charge is -2.12. The highest BCUT2D eigenvalue weighted by atomic mass is 16.6. The van der Waals surface area contributed by atoms with Crippen LogP contribution in [0.25, 0.3) is 0 Å². The molecule has 30 heavy (non-hydrogen) atoms. The van der Waals surface area contributed by atoms with Crippen LogP contribution in [0.5, 0.6) is 5.75 Å². The largest absolute Gasteiger partial charge is 0.425 e. The Hall–Kier alpha value is -2.53. The summed E-state index contributed by atoms with van der Waals surface area (Å²) in [7, 11) is 0. The van der Waals surface area contributed by atoms with Crippen molar-refractivity contribution in [2.24, 2.45) is 10.2 Å². The van der Waals surface area contributed by atoms with Gasteiger partial charge in [-0.1, -0.05) is 51.7 Å². The molecule has 0 saturated carbocycles. The lowest BCUT2D eigenvalue weighted by molar-refractivity contribution is -0.146. The van der Waals surface area contributed by atoms with E-state index in [2.05, 4.69) is 36.2 Å². The summed E-state index contributed by atoms with van der Waals surface area (Å²) >= 11 is 0. The van der Waals surface area contributed by atoms with Gasteiger partial charge < -0.3 is 9.47 Å². The molecule has 0 amide bonds. The van der Waals surface area contributed by atoms with E-state index < -0.39 is 12.1 Å². The number of ether oxygens (including phenoxy) is 2. The van der Waals surface area contributed by atoms with Crippen molar-refractivity contribution < 1.29 is 14.3 Å². The third kappa shape index (κ3) is 8.87. The van der Waals surface area contributed by atoms with E-state index in [1.807, 2.05) is 12.1 Å². The fourth-order valence-corrected chi connectivity index (χ4v) is 2.85. The quantitative estimate of drug-likeness (QED) is 0.150. The van der Waals surface area contributed by atoms with Crippen LogP contribution in [0.15, 0.2) is 58.8 Å². The number of carbonyl (C=O) groups is 1. The number of rotatable bonds is 13. The number of carbonyl (C=O) groups excluding carboxylic acids is 1. The Morgan fingerprint density at radius 1 is 0.833 bits per heavy atom. The molecule has 0 aliphatic carbocycles. The van der Waals surface area contributed by atoms with Crippen LogP contribution >= 0.6 is 0 Å². The van der Waals surface area contributed by atoms with Gasteiger partial charge in [-0.3, -0.25) is 0 Å². The molecule has 0 aliphatic heterocycles. The second kappa shape index (κ2) is 13.6. The van der Waals surface area contributed by atoms with E-state index in [9.17, 15) is 4.79 Å². The van der Waals surface area contributed by atoms with E-state index in [-0.39, 0.29) is 0 Å². The minimum absolute atomic E-state index is 0.393. The van der Waals surface area contributed by atoms with Crippen LogP contribution in [-0.4, -0.2) is 18.7 Å². The van der Waals surface area contributed by atoms with Crippen molar-refractivity contribution in [2.75, 3.05) is 6.61 Å². The van der Waals surface area contributed by atoms with Gasteiger partial charge in [0.15, 0.2) is 6.10 Å². The maximum Gasteiger partial charge on any atom is 0.340 e. The van der Waals surface area contributed by atoms with Gasteiger partial charge in [0, 0.05) is 6.61 Å². The monoisotopic (exact) mass is 410 g/mol. The average Bonchev–Trinajstić information content (AvgIpc) is 2.77. The van der Waals surface area contributed by atoms with Crippen LogP contribution in [-0.2, 0) is 16.0 Å². The highest BCUT2D eigenvalue weighted by Gasteiger charge is 2.15. The number of azo groups is 1. The van der Waals surface area contributed by atoms with Crippen molar-refractivity contribution in [2.45, 2.75) is 71.8 Å². The minimum Gasteiger partial charge on any atom is -0.425 e. The molecule has 0 aromatic heterocycles. The number of nitrogens with zero attached hydrogens (tertiary/aromatic N) is 2. The molecular weight excluding hydrogens is 376 g/mol. The lowest BCUT2D eigenvalue weighted by Crippen LogP contribution is -2.26. The van der Waals surface area contributed by atoms with Gasteiger partial charge in [0.1, 0.15) is 5.75 Å². The molecule has 1 unspecified atom stereocenters. The molecule has 162 valence electrons. The zero-order valence-electron chi connectivity index (χ0n) is 18.5. The topological polar surface area (TPSA) is 60.2 Å². The predicted molar refractivity (Wildman–Crippen MR) is 121 cm³/mol. The van der Waals surface area contributed by atoms with Crippen LogP contribution in [0, 0.1) is 0 Å². The summed E-state index contributed by atoms with van der Waals surface area (Å²) in [5.74, 6) is 0.0765. The van der Waals surface area contributed by atoms with Gasteiger partial charge in [0.05, 0.1) is 11.4 Å². The summed E-state index contributed by atoms with van der Waals surface area (Å²) in [6.45, 7) is 6.57. The molecule has 2 rings (SSSR count). The van der Waals surface area contributed by atoms with E-state index in [1.165, 1.54) is 31.2 Å². The van der Waals surface area contributed by atoms with E-state index in [1.54, 1.807) is 31.2 Å². The maximum atomic E-state index is 12.0. The fraction of sp³-hybridized carbons (Fsp3) is 0.480. The van der Waals surface area contributed by atoms with Gasteiger partial charge in [-0.15, -0.1) is 0 Å². The van der Waals surface area contributed by atoms with Gasteiger partial charge in [0.25, 0.3) is 0 Å². The molecule has 0 aliphatic rings. The van der Waals surface area contributed by atoms with Gasteiger partial charge >= 0.3 is 5.97 Å². The summed E-state index contributed by atoms with van der Waals surface area (Å²) in [5, 5.41) is 8.54. The Balaban J connectivity index is 1.82. The molecule has 0 bridgehead atoms. The molecular formula is C25H34N2O3. The Bertz CT molecular complexity index is 770. The van der Waals surface area contributed by atoms with Crippen molar-refractivity contribution in [3.8, 4) is 5.75 Å². The Kier molecular flexibility index (Phi) is 10.8. The SMILES string of the molecule is CCCCCCc1ccc(N=Nc2ccc(OC(=O)C(C)OCCCC)cc2)cc1. The van der Waals surface area contributed by atoms with Crippen molar-refractivity contribution in [3.05, 3.63) is 54.1 Å². The van der Waals surface area contributed by atoms with Gasteiger partial charge in [-0.25, -0.2) is 4.79 Å². The highest BCUT2D eigenvalue weighted by molar-refractivity contribution is 5.76. The third-order valence-electron chi connectivity index (χ3n) is 4.79. The zero-order chi connectivity index (χ0) is 21.6. The van der Waals surface area contributed by atoms with Gasteiger partial charge in [-0.2, -0.15) is 10.2 Å². The molecule has 0 saturated heterocycles. The van der Waals surface area contributed by atoms with Crippen LogP contribution < -0.4 is 4.74 Å². The zero-order valence-corrected chi connectivity index (χ0v) is 18.5. The molecule has 0 spiro atoms. The summed E-state index contributed by atoms with van der Waals surface area (Å²) in [4.78, 5) is 12.0. The second-order valence-corrected chi connectivity index (χ2v) is 7.46. The number of benzene rings is 2. The van der Waals surface area contributed by atoms with Gasteiger partial charge in [0.2, 0.25) is 0 Å². The van der Waals surface area contributed by atoms with Crippen LogP contribution in [0.3, 0.4) is 0 Å². The molecule has 1 atom stereocenters. The lowest BCUT2D eigenvalue weighted by atomic mass is 10.1. The van der Waals surface area contributed by atoms with Crippen LogP contribution in [0.1, 0.15) is 64.9 Å². The Morgan fingerprint density at radius 2 is 1.43 bits per heavy atom. The first kappa shape index (κ1) is 23.7. The first-order valence-electron chi connectivity index (χ1n) is 11.1. The standard InChI is InChI=1S/C25H34N2O3/c1-4-6-8-9-10-21-11-13-22(14-12-21)26-27-23-15-17-24(18-16-23)30-25(28)20(3)29-19-7-5-2/h11-18,20H,4-10,19H2,1-3H3. The summed E-state index contributed by atoms with van der Waals surface area (Å²) in [6, 6.07) is 15.2. The number of unbranched alkanes of at least 4 members (excludes halogenated alkanes) is 4. The maximum absolute atomic E-state index is 12.0. The van der Waals surface area contributed by atoms with Crippen LogP contribution in [0.2, 0.25) is 0 Å². The van der Waals surface area contributed by atoms with Crippen molar-refractivity contribution >= 4 is 17.3 Å². The van der Waals surface area contributed by atoms with Crippen molar-refractivity contribution in [1.82, 2.24) is 0 Å². The molecule has 0 radical (unpaired) electrons. The minimum atomic E-state index is -0.578. The molecule has 2 aromatic carbocycles. The molecule has 0 heterocycles. The molecule has 0 N–H and O–H groups in total. The third-order valence-corrected chi connectivity index (χ3v) is 4.79. The Morgan fingerprint density at radius 3 is 2.03 bits per heavy atom. The van der Waals surface area contributed by atoms with Gasteiger partial charge in [-0.05, 0) is 68.1 Å². The van der Waals surface area contributed by atoms with E-state index in [4.69, 9.17) is 9.47 Å². The predicted octanol–water partition coefficient (Wildman–Crippen LogP) is 7.34. The molecule has 2 aromatic rings. The number of hydrogen-bond acceptors (Lipinski definition) is 5. The summed E-state index contributed by atoms with van der Waals surface area (Å²) in [5.41, 5.74) is 2.86. The Labute approximate surface area is 180 Å². The van der Waals surface area contributed by atoms with Crippen molar-refractivity contribution in [1.29, 1.82) is 0 Å². The first-order valence-corrected chi connectivity index (χ1v) is 11.1. The summed E-state index contributed by atoms with van der Waals surface area (Å²) < 4.78 is 10.8. The molecule has 0 fully saturated rings. The van der Waals surface area contributed by atoms with E-state index in [0.29, 0.717) is 18.0 Å². The number of esters is 1. The van der Waals surface area contributed by atoms with Crippen molar-refractivity contribution in [3.63, 3.8) is 0 Å². The summed E-state index contributed by atoms with van der Waals surface area (Å²) in [6.07, 6.45) is 7.57. The van der Waals surface area contributed by atoms with Crippen LogP contribution in [0.4, 0.5) is 11.4 Å². The first-order chi connectivity index (χ1) is 14.6. The van der Waals surface area contributed by atoms with E-state index >= 15 is 0 Å². The second-order valence-electron chi connectivity index (χ2n) is 7.46. The molecule has 5 heteroatoms. The molecule has 5 nitrogen and oxygen atoms in total. The van der Waals surface area contributed by atoms with E-state index in [0.717, 1.165) is 24.9 Å². The number of hydrogen-bond donors (Lipinski definition) is 0.